The molecule has 0 bridgehead atoms. The number of nitrogens with one attached hydrogen (secondary N) is 1. The molecule has 0 amide bonds. The third-order valence-electron chi connectivity index (χ3n) is 3.65. The topological polar surface area (TPSA) is 15.3 Å². The van der Waals surface area contributed by atoms with Gasteiger partial charge in [0.15, 0.2) is 0 Å². The molecule has 1 unspecified atom stereocenters. The SMILES string of the molecule is CCCNCC(CCC)N(C)CCc1ccccc1. The van der Waals surface area contributed by atoms with Gasteiger partial charge in [-0.3, -0.25) is 0 Å². The summed E-state index contributed by atoms with van der Waals surface area (Å²) in [6.07, 6.45) is 4.90. The Morgan fingerprint density at radius 1 is 1.11 bits per heavy atom. The van der Waals surface area contributed by atoms with E-state index in [1.807, 2.05) is 0 Å². The summed E-state index contributed by atoms with van der Waals surface area (Å²) in [4.78, 5) is 2.51. The Kier molecular flexibility index (Phi) is 8.52. The third kappa shape index (κ3) is 6.74. The summed E-state index contributed by atoms with van der Waals surface area (Å²) >= 11 is 0. The van der Waals surface area contributed by atoms with Gasteiger partial charge < -0.3 is 10.2 Å². The first-order chi connectivity index (χ1) is 9.27. The van der Waals surface area contributed by atoms with E-state index >= 15 is 0 Å². The Labute approximate surface area is 119 Å². The van der Waals surface area contributed by atoms with Gasteiger partial charge in [0, 0.05) is 19.1 Å². The van der Waals surface area contributed by atoms with Crippen molar-refractivity contribution in [2.75, 3.05) is 26.7 Å². The number of rotatable bonds is 10. The lowest BCUT2D eigenvalue weighted by molar-refractivity contribution is 0.225. The second-order valence-corrected chi connectivity index (χ2v) is 5.36. The van der Waals surface area contributed by atoms with E-state index in [4.69, 9.17) is 0 Å². The van der Waals surface area contributed by atoms with E-state index in [-0.39, 0.29) is 0 Å². The van der Waals surface area contributed by atoms with E-state index in [2.05, 4.69) is 61.4 Å². The maximum Gasteiger partial charge on any atom is 0.0217 e. The summed E-state index contributed by atoms with van der Waals surface area (Å²) in [5.74, 6) is 0. The Bertz CT molecular complexity index is 310. The van der Waals surface area contributed by atoms with Gasteiger partial charge in [0.05, 0.1) is 0 Å². The smallest absolute Gasteiger partial charge is 0.0217 e. The maximum atomic E-state index is 3.56. The van der Waals surface area contributed by atoms with Gasteiger partial charge in [0.2, 0.25) is 0 Å². The van der Waals surface area contributed by atoms with E-state index in [0.29, 0.717) is 6.04 Å². The lowest BCUT2D eigenvalue weighted by atomic mass is 10.1. The molecular formula is C17H30N2. The maximum absolute atomic E-state index is 3.56. The van der Waals surface area contributed by atoms with Crippen LogP contribution in [0.15, 0.2) is 30.3 Å². The van der Waals surface area contributed by atoms with E-state index in [0.717, 1.165) is 26.1 Å². The van der Waals surface area contributed by atoms with Gasteiger partial charge in [0.25, 0.3) is 0 Å². The quantitative estimate of drug-likeness (QED) is 0.651. The first-order valence-corrected chi connectivity index (χ1v) is 7.72. The van der Waals surface area contributed by atoms with Crippen molar-refractivity contribution in [3.8, 4) is 0 Å². The van der Waals surface area contributed by atoms with Crippen molar-refractivity contribution in [1.29, 1.82) is 0 Å². The first kappa shape index (κ1) is 16.2. The molecule has 0 fully saturated rings. The predicted molar refractivity (Wildman–Crippen MR) is 84.6 cm³/mol. The molecule has 0 radical (unpaired) electrons. The van der Waals surface area contributed by atoms with Crippen LogP contribution in [0.2, 0.25) is 0 Å². The Morgan fingerprint density at radius 3 is 2.47 bits per heavy atom. The highest BCUT2D eigenvalue weighted by atomic mass is 15.1. The molecule has 1 atom stereocenters. The van der Waals surface area contributed by atoms with Crippen LogP contribution in [0.5, 0.6) is 0 Å². The van der Waals surface area contributed by atoms with Crippen LogP contribution in [0.1, 0.15) is 38.7 Å². The molecule has 1 aromatic carbocycles. The van der Waals surface area contributed by atoms with Crippen LogP contribution in [0.25, 0.3) is 0 Å². The molecule has 0 spiro atoms. The number of likely N-dealkylation sites (N-methyl/N-ethyl adjacent to an activating group) is 1. The molecule has 1 N–H and O–H groups in total. The molecule has 0 heterocycles. The van der Waals surface area contributed by atoms with Crippen molar-refractivity contribution in [2.24, 2.45) is 0 Å². The monoisotopic (exact) mass is 262 g/mol. The fraction of sp³-hybridized carbons (Fsp3) is 0.647. The number of benzene rings is 1. The normalized spacial score (nSPS) is 12.8. The molecule has 1 rings (SSSR count). The summed E-state index contributed by atoms with van der Waals surface area (Å²) in [5.41, 5.74) is 1.44. The molecule has 0 aliphatic carbocycles. The zero-order chi connectivity index (χ0) is 13.9. The van der Waals surface area contributed by atoms with Gasteiger partial charge in [-0.2, -0.15) is 0 Å². The molecule has 2 nitrogen and oxygen atoms in total. The molecule has 0 saturated carbocycles. The summed E-state index contributed by atoms with van der Waals surface area (Å²) in [7, 11) is 2.26. The molecule has 108 valence electrons. The lowest BCUT2D eigenvalue weighted by Crippen LogP contribution is -2.41. The number of hydrogen-bond acceptors (Lipinski definition) is 2. The summed E-state index contributed by atoms with van der Waals surface area (Å²) in [5, 5.41) is 3.56. The van der Waals surface area contributed by atoms with Crippen molar-refractivity contribution in [3.05, 3.63) is 35.9 Å². The molecule has 0 saturated heterocycles. The van der Waals surface area contributed by atoms with Crippen molar-refractivity contribution >= 4 is 0 Å². The molecule has 19 heavy (non-hydrogen) atoms. The minimum absolute atomic E-state index is 0.667. The van der Waals surface area contributed by atoms with Crippen molar-refractivity contribution in [2.45, 2.75) is 45.6 Å². The lowest BCUT2D eigenvalue weighted by Gasteiger charge is -2.28. The second kappa shape index (κ2) is 9.99. The molecule has 2 heteroatoms. The van der Waals surface area contributed by atoms with Crippen molar-refractivity contribution in [3.63, 3.8) is 0 Å². The molecule has 0 aromatic heterocycles. The van der Waals surface area contributed by atoms with Crippen molar-refractivity contribution in [1.82, 2.24) is 10.2 Å². The van der Waals surface area contributed by atoms with E-state index in [9.17, 15) is 0 Å². The van der Waals surface area contributed by atoms with Crippen LogP contribution in [0, 0.1) is 0 Å². The molecule has 1 aromatic rings. The Balaban J connectivity index is 2.36. The highest BCUT2D eigenvalue weighted by Gasteiger charge is 2.12. The van der Waals surface area contributed by atoms with Gasteiger partial charge in [-0.05, 0) is 38.4 Å². The minimum Gasteiger partial charge on any atom is -0.315 e. The van der Waals surface area contributed by atoms with Crippen molar-refractivity contribution < 1.29 is 0 Å². The zero-order valence-corrected chi connectivity index (χ0v) is 12.9. The van der Waals surface area contributed by atoms with Gasteiger partial charge in [-0.15, -0.1) is 0 Å². The third-order valence-corrected chi connectivity index (χ3v) is 3.65. The Morgan fingerprint density at radius 2 is 1.84 bits per heavy atom. The molecule has 0 aliphatic rings. The van der Waals surface area contributed by atoms with Gasteiger partial charge >= 0.3 is 0 Å². The summed E-state index contributed by atoms with van der Waals surface area (Å²) in [6.45, 7) is 7.89. The Hall–Kier alpha value is -0.860. The van der Waals surface area contributed by atoms with Gasteiger partial charge in [-0.1, -0.05) is 50.6 Å². The highest BCUT2D eigenvalue weighted by molar-refractivity contribution is 5.14. The largest absolute Gasteiger partial charge is 0.315 e. The fourth-order valence-corrected chi connectivity index (χ4v) is 2.39. The van der Waals surface area contributed by atoms with Crippen LogP contribution in [-0.4, -0.2) is 37.6 Å². The van der Waals surface area contributed by atoms with E-state index in [1.165, 1.54) is 24.8 Å². The molecular weight excluding hydrogens is 232 g/mol. The van der Waals surface area contributed by atoms with E-state index in [1.54, 1.807) is 0 Å². The predicted octanol–water partition coefficient (Wildman–Crippen LogP) is 3.33. The van der Waals surface area contributed by atoms with Crippen LogP contribution < -0.4 is 5.32 Å². The van der Waals surface area contributed by atoms with Crippen LogP contribution >= 0.6 is 0 Å². The summed E-state index contributed by atoms with van der Waals surface area (Å²) < 4.78 is 0. The second-order valence-electron chi connectivity index (χ2n) is 5.36. The van der Waals surface area contributed by atoms with E-state index < -0.39 is 0 Å². The average molecular weight is 262 g/mol. The fourth-order valence-electron chi connectivity index (χ4n) is 2.39. The summed E-state index contributed by atoms with van der Waals surface area (Å²) in [6, 6.07) is 11.4. The van der Waals surface area contributed by atoms with Crippen LogP contribution in [0.4, 0.5) is 0 Å². The van der Waals surface area contributed by atoms with Gasteiger partial charge in [-0.25, -0.2) is 0 Å². The van der Waals surface area contributed by atoms with Crippen LogP contribution in [0.3, 0.4) is 0 Å². The standard InChI is InChI=1S/C17H30N2/c1-4-9-17(15-18-13-5-2)19(3)14-12-16-10-7-6-8-11-16/h6-8,10-11,17-18H,4-5,9,12-15H2,1-3H3. The first-order valence-electron chi connectivity index (χ1n) is 7.72. The highest BCUT2D eigenvalue weighted by Crippen LogP contribution is 2.07. The zero-order valence-electron chi connectivity index (χ0n) is 12.9. The molecule has 0 aliphatic heterocycles. The van der Waals surface area contributed by atoms with Gasteiger partial charge in [0.1, 0.15) is 0 Å². The number of hydrogen-bond donors (Lipinski definition) is 1. The van der Waals surface area contributed by atoms with Crippen LogP contribution in [-0.2, 0) is 6.42 Å². The number of nitrogens with zero attached hydrogens (tertiary/aromatic N) is 1. The minimum atomic E-state index is 0.667. The average Bonchev–Trinajstić information content (AvgIpc) is 2.45.